The molecule has 4 heteroatoms. The average molecular weight is 278 g/mol. The summed E-state index contributed by atoms with van der Waals surface area (Å²) in [5, 5.41) is 6.16. The highest BCUT2D eigenvalue weighted by molar-refractivity contribution is 7.80. The van der Waals surface area contributed by atoms with Crippen LogP contribution < -0.4 is 10.6 Å². The van der Waals surface area contributed by atoms with Gasteiger partial charge in [-0.2, -0.15) is 0 Å². The number of amides is 1. The highest BCUT2D eigenvalue weighted by Crippen LogP contribution is 2.26. The fourth-order valence-corrected chi connectivity index (χ4v) is 1.88. The topological polar surface area (TPSA) is 41.1 Å². The van der Waals surface area contributed by atoms with Crippen LogP contribution in [0.4, 0.5) is 5.69 Å². The van der Waals surface area contributed by atoms with Gasteiger partial charge in [-0.05, 0) is 36.2 Å². The molecule has 3 nitrogen and oxygen atoms in total. The zero-order chi connectivity index (χ0) is 14.4. The van der Waals surface area contributed by atoms with E-state index in [1.54, 1.807) is 0 Å². The van der Waals surface area contributed by atoms with E-state index in [1.807, 2.05) is 32.0 Å². The third kappa shape index (κ3) is 4.63. The molecule has 0 aliphatic heterocycles. The van der Waals surface area contributed by atoms with E-state index >= 15 is 0 Å². The zero-order valence-electron chi connectivity index (χ0n) is 12.0. The van der Waals surface area contributed by atoms with Crippen LogP contribution >= 0.6 is 12.2 Å². The van der Waals surface area contributed by atoms with Gasteiger partial charge in [0.15, 0.2) is 5.11 Å². The first-order chi connectivity index (χ1) is 8.95. The van der Waals surface area contributed by atoms with E-state index < -0.39 is 0 Å². The molecule has 1 atom stereocenters. The molecule has 0 aliphatic rings. The summed E-state index contributed by atoms with van der Waals surface area (Å²) in [5.74, 6) is 0.301. The maximum Gasteiger partial charge on any atom is 0.228 e. The zero-order valence-corrected chi connectivity index (χ0v) is 12.8. The van der Waals surface area contributed by atoms with Gasteiger partial charge >= 0.3 is 0 Å². The fraction of sp³-hybridized carbons (Fsp3) is 0.467. The van der Waals surface area contributed by atoms with Crippen molar-refractivity contribution >= 4 is 28.9 Å². The molecular formula is C15H22N2OS. The Labute approximate surface area is 120 Å². The van der Waals surface area contributed by atoms with Crippen LogP contribution in [0, 0.1) is 5.92 Å². The lowest BCUT2D eigenvalue weighted by Crippen LogP contribution is -2.36. The number of thiocarbonyl (C=S) groups is 1. The molecule has 1 aromatic rings. The monoisotopic (exact) mass is 278 g/mol. The second-order valence-electron chi connectivity index (χ2n) is 4.99. The summed E-state index contributed by atoms with van der Waals surface area (Å²) in [6.07, 6.45) is 1.06. The lowest BCUT2D eigenvalue weighted by molar-refractivity contribution is -0.122. The molecule has 0 aromatic heterocycles. The quantitative estimate of drug-likeness (QED) is 0.826. The van der Waals surface area contributed by atoms with Crippen molar-refractivity contribution in [3.63, 3.8) is 0 Å². The SMILES string of the molecule is CC[C@H](C)c1ccccc1NC(=S)NC(=O)C(C)C. The van der Waals surface area contributed by atoms with Gasteiger partial charge in [0.1, 0.15) is 0 Å². The number of para-hydroxylation sites is 1. The van der Waals surface area contributed by atoms with Crippen molar-refractivity contribution in [2.45, 2.75) is 40.0 Å². The van der Waals surface area contributed by atoms with E-state index in [0.29, 0.717) is 11.0 Å². The van der Waals surface area contributed by atoms with Gasteiger partial charge in [-0.3, -0.25) is 4.79 Å². The predicted molar refractivity (Wildman–Crippen MR) is 84.3 cm³/mol. The summed E-state index contributed by atoms with van der Waals surface area (Å²) in [7, 11) is 0. The van der Waals surface area contributed by atoms with E-state index in [9.17, 15) is 4.79 Å². The Hall–Kier alpha value is -1.42. The summed E-state index contributed by atoms with van der Waals surface area (Å²) in [5.41, 5.74) is 2.18. The number of hydrogen-bond donors (Lipinski definition) is 2. The minimum absolute atomic E-state index is 0.0708. The number of nitrogens with one attached hydrogen (secondary N) is 2. The lowest BCUT2D eigenvalue weighted by Gasteiger charge is -2.17. The Morgan fingerprint density at radius 1 is 1.26 bits per heavy atom. The molecular weight excluding hydrogens is 256 g/mol. The van der Waals surface area contributed by atoms with Gasteiger partial charge in [0, 0.05) is 11.6 Å². The van der Waals surface area contributed by atoms with Crippen molar-refractivity contribution in [3.05, 3.63) is 29.8 Å². The van der Waals surface area contributed by atoms with Crippen LogP contribution in [0.1, 0.15) is 45.6 Å². The normalized spacial score (nSPS) is 12.1. The second-order valence-corrected chi connectivity index (χ2v) is 5.40. The Morgan fingerprint density at radius 3 is 2.47 bits per heavy atom. The van der Waals surface area contributed by atoms with E-state index in [2.05, 4.69) is 30.5 Å². The van der Waals surface area contributed by atoms with Crippen LogP contribution in [-0.4, -0.2) is 11.0 Å². The van der Waals surface area contributed by atoms with Gasteiger partial charge in [0.25, 0.3) is 0 Å². The van der Waals surface area contributed by atoms with Crippen LogP contribution in [0.3, 0.4) is 0 Å². The summed E-state index contributed by atoms with van der Waals surface area (Å²) < 4.78 is 0. The van der Waals surface area contributed by atoms with Crippen molar-refractivity contribution in [2.24, 2.45) is 5.92 Å². The molecule has 0 radical (unpaired) electrons. The number of rotatable bonds is 4. The molecule has 0 bridgehead atoms. The molecule has 1 rings (SSSR count). The molecule has 1 amide bonds. The van der Waals surface area contributed by atoms with Crippen LogP contribution in [0.25, 0.3) is 0 Å². The molecule has 0 saturated carbocycles. The van der Waals surface area contributed by atoms with Crippen LogP contribution in [0.5, 0.6) is 0 Å². The molecule has 0 spiro atoms. The van der Waals surface area contributed by atoms with Crippen LogP contribution in [-0.2, 0) is 4.79 Å². The van der Waals surface area contributed by atoms with Crippen molar-refractivity contribution in [3.8, 4) is 0 Å². The number of anilines is 1. The number of carbonyl (C=O) groups excluding carboxylic acids is 1. The van der Waals surface area contributed by atoms with Crippen molar-refractivity contribution in [2.75, 3.05) is 5.32 Å². The molecule has 104 valence electrons. The number of carbonyl (C=O) groups is 1. The first-order valence-electron chi connectivity index (χ1n) is 6.66. The third-order valence-corrected chi connectivity index (χ3v) is 3.32. The highest BCUT2D eigenvalue weighted by Gasteiger charge is 2.12. The van der Waals surface area contributed by atoms with Gasteiger partial charge < -0.3 is 10.6 Å². The molecule has 0 aliphatic carbocycles. The third-order valence-electron chi connectivity index (χ3n) is 3.11. The van der Waals surface area contributed by atoms with Crippen LogP contribution in [0.15, 0.2) is 24.3 Å². The molecule has 0 unspecified atom stereocenters. The summed E-state index contributed by atoms with van der Waals surface area (Å²) in [4.78, 5) is 11.6. The van der Waals surface area contributed by atoms with Gasteiger partial charge in [-0.15, -0.1) is 0 Å². The van der Waals surface area contributed by atoms with E-state index in [-0.39, 0.29) is 11.8 Å². The molecule has 1 aromatic carbocycles. The predicted octanol–water partition coefficient (Wildman–Crippen LogP) is 3.67. The van der Waals surface area contributed by atoms with Crippen molar-refractivity contribution in [1.82, 2.24) is 5.32 Å². The van der Waals surface area contributed by atoms with Crippen molar-refractivity contribution in [1.29, 1.82) is 0 Å². The van der Waals surface area contributed by atoms with E-state index in [0.717, 1.165) is 12.1 Å². The fourth-order valence-electron chi connectivity index (χ4n) is 1.67. The maximum absolute atomic E-state index is 11.6. The van der Waals surface area contributed by atoms with Gasteiger partial charge in [-0.25, -0.2) is 0 Å². The highest BCUT2D eigenvalue weighted by atomic mass is 32.1. The molecule has 0 fully saturated rings. The van der Waals surface area contributed by atoms with E-state index in [4.69, 9.17) is 12.2 Å². The molecule has 19 heavy (non-hydrogen) atoms. The Morgan fingerprint density at radius 2 is 1.89 bits per heavy atom. The van der Waals surface area contributed by atoms with Gasteiger partial charge in [0.2, 0.25) is 5.91 Å². The van der Waals surface area contributed by atoms with E-state index in [1.165, 1.54) is 5.56 Å². The number of hydrogen-bond acceptors (Lipinski definition) is 2. The first kappa shape index (κ1) is 15.6. The smallest absolute Gasteiger partial charge is 0.228 e. The summed E-state index contributed by atoms with van der Waals surface area (Å²) in [6, 6.07) is 8.04. The van der Waals surface area contributed by atoms with Crippen molar-refractivity contribution < 1.29 is 4.79 Å². The Kier molecular flexibility index (Phi) is 5.96. The summed E-state index contributed by atoms with van der Waals surface area (Å²) >= 11 is 5.17. The molecule has 2 N–H and O–H groups in total. The number of benzene rings is 1. The minimum atomic E-state index is -0.0791. The standard InChI is InChI=1S/C15H22N2OS/c1-5-11(4)12-8-6-7-9-13(12)16-15(19)17-14(18)10(2)3/h6-11H,5H2,1-4H3,(H2,16,17,18,19)/t11-/m0/s1. The van der Waals surface area contributed by atoms with Gasteiger partial charge in [-0.1, -0.05) is 45.9 Å². The Balaban J connectivity index is 2.77. The van der Waals surface area contributed by atoms with Gasteiger partial charge in [0.05, 0.1) is 0 Å². The average Bonchev–Trinajstić information content (AvgIpc) is 2.38. The second kappa shape index (κ2) is 7.24. The molecule has 0 saturated heterocycles. The van der Waals surface area contributed by atoms with Crippen LogP contribution in [0.2, 0.25) is 0 Å². The molecule has 0 heterocycles. The summed E-state index contributed by atoms with van der Waals surface area (Å²) in [6.45, 7) is 8.01. The lowest BCUT2D eigenvalue weighted by atomic mass is 9.97. The first-order valence-corrected chi connectivity index (χ1v) is 7.07. The Bertz CT molecular complexity index is 457. The largest absolute Gasteiger partial charge is 0.332 e. The maximum atomic E-state index is 11.6. The minimum Gasteiger partial charge on any atom is -0.332 e.